The predicted molar refractivity (Wildman–Crippen MR) is 63.1 cm³/mol. The van der Waals surface area contributed by atoms with Crippen molar-refractivity contribution in [2.75, 3.05) is 24.5 Å². The van der Waals surface area contributed by atoms with E-state index >= 15 is 0 Å². The summed E-state index contributed by atoms with van der Waals surface area (Å²) in [6.07, 6.45) is 5.23. The second kappa shape index (κ2) is 6.35. The Hall–Kier alpha value is -1.16. The van der Waals surface area contributed by atoms with Crippen LogP contribution in [0.1, 0.15) is 20.8 Å². The zero-order valence-corrected chi connectivity index (χ0v) is 9.77. The minimum atomic E-state index is 0.533. The molecule has 0 aliphatic heterocycles. The van der Waals surface area contributed by atoms with Gasteiger partial charge in [0.25, 0.3) is 0 Å². The summed E-state index contributed by atoms with van der Waals surface area (Å²) in [5.74, 6) is 0.950. The van der Waals surface area contributed by atoms with Gasteiger partial charge in [0.1, 0.15) is 5.82 Å². The van der Waals surface area contributed by atoms with Gasteiger partial charge in [-0.3, -0.25) is 4.98 Å². The van der Waals surface area contributed by atoms with Crippen molar-refractivity contribution in [1.29, 1.82) is 0 Å². The fourth-order valence-electron chi connectivity index (χ4n) is 1.38. The first-order valence-corrected chi connectivity index (χ1v) is 5.48. The molecule has 0 aliphatic rings. The minimum Gasteiger partial charge on any atom is -0.354 e. The molecular formula is C11H20N4. The Balaban J connectivity index is 2.43. The summed E-state index contributed by atoms with van der Waals surface area (Å²) in [7, 11) is 0. The van der Waals surface area contributed by atoms with Gasteiger partial charge in [-0.2, -0.15) is 0 Å². The Bertz CT molecular complexity index is 261. The predicted octanol–water partition coefficient (Wildman–Crippen LogP) is 1.30. The molecule has 84 valence electrons. The number of hydrogen-bond donors (Lipinski definition) is 1. The van der Waals surface area contributed by atoms with Crippen molar-refractivity contribution >= 4 is 5.82 Å². The van der Waals surface area contributed by atoms with E-state index in [0.29, 0.717) is 6.04 Å². The van der Waals surface area contributed by atoms with E-state index in [4.69, 9.17) is 0 Å². The summed E-state index contributed by atoms with van der Waals surface area (Å²) in [6, 6.07) is 0.533. The van der Waals surface area contributed by atoms with Crippen LogP contribution in [0, 0.1) is 0 Å². The number of anilines is 1. The van der Waals surface area contributed by atoms with Crippen LogP contribution in [0.5, 0.6) is 0 Å². The lowest BCUT2D eigenvalue weighted by Gasteiger charge is -2.22. The maximum atomic E-state index is 4.28. The third-order valence-corrected chi connectivity index (χ3v) is 2.19. The third kappa shape index (κ3) is 4.25. The Morgan fingerprint density at radius 3 is 2.73 bits per heavy atom. The maximum absolute atomic E-state index is 4.28. The second-order valence-electron chi connectivity index (χ2n) is 3.75. The molecule has 1 N–H and O–H groups in total. The van der Waals surface area contributed by atoms with Crippen molar-refractivity contribution in [2.24, 2.45) is 0 Å². The van der Waals surface area contributed by atoms with E-state index in [2.05, 4.69) is 41.0 Å². The smallest absolute Gasteiger partial charge is 0.147 e. The Labute approximate surface area is 91.7 Å². The van der Waals surface area contributed by atoms with Gasteiger partial charge < -0.3 is 10.2 Å². The number of rotatable bonds is 6. The van der Waals surface area contributed by atoms with Gasteiger partial charge in [-0.05, 0) is 6.92 Å². The zero-order valence-electron chi connectivity index (χ0n) is 9.77. The fourth-order valence-corrected chi connectivity index (χ4v) is 1.38. The summed E-state index contributed by atoms with van der Waals surface area (Å²) in [6.45, 7) is 9.33. The molecule has 0 saturated carbocycles. The molecule has 0 bridgehead atoms. The van der Waals surface area contributed by atoms with Gasteiger partial charge in [-0.15, -0.1) is 0 Å². The normalized spacial score (nSPS) is 10.7. The first kappa shape index (κ1) is 11.9. The van der Waals surface area contributed by atoms with E-state index in [-0.39, 0.29) is 0 Å². The zero-order chi connectivity index (χ0) is 11.1. The molecule has 15 heavy (non-hydrogen) atoms. The summed E-state index contributed by atoms with van der Waals surface area (Å²) >= 11 is 0. The lowest BCUT2D eigenvalue weighted by atomic mass is 10.4. The first-order valence-electron chi connectivity index (χ1n) is 5.48. The first-order chi connectivity index (χ1) is 7.24. The Morgan fingerprint density at radius 1 is 1.40 bits per heavy atom. The molecule has 1 aromatic heterocycles. The lowest BCUT2D eigenvalue weighted by molar-refractivity contribution is 0.582. The fraction of sp³-hybridized carbons (Fsp3) is 0.636. The molecule has 0 aliphatic carbocycles. The van der Waals surface area contributed by atoms with Crippen LogP contribution in [-0.4, -0.2) is 35.6 Å². The van der Waals surface area contributed by atoms with Gasteiger partial charge in [-0.1, -0.05) is 13.8 Å². The van der Waals surface area contributed by atoms with Crippen LogP contribution in [0.25, 0.3) is 0 Å². The number of likely N-dealkylation sites (N-methyl/N-ethyl adjacent to an activating group) is 1. The van der Waals surface area contributed by atoms with Gasteiger partial charge in [0.2, 0.25) is 0 Å². The minimum absolute atomic E-state index is 0.533. The average Bonchev–Trinajstić information content (AvgIpc) is 2.25. The molecule has 0 spiro atoms. The van der Waals surface area contributed by atoms with Gasteiger partial charge in [0, 0.05) is 38.1 Å². The van der Waals surface area contributed by atoms with Crippen LogP contribution >= 0.6 is 0 Å². The highest BCUT2D eigenvalue weighted by atomic mass is 15.2. The molecule has 1 aromatic rings. The number of aromatic nitrogens is 2. The quantitative estimate of drug-likeness (QED) is 0.765. The van der Waals surface area contributed by atoms with Crippen molar-refractivity contribution in [1.82, 2.24) is 15.3 Å². The van der Waals surface area contributed by atoms with E-state index in [1.165, 1.54) is 0 Å². The molecular weight excluding hydrogens is 188 g/mol. The van der Waals surface area contributed by atoms with Crippen LogP contribution in [-0.2, 0) is 0 Å². The van der Waals surface area contributed by atoms with E-state index in [1.54, 1.807) is 18.6 Å². The summed E-state index contributed by atoms with van der Waals surface area (Å²) in [5, 5.41) is 3.39. The third-order valence-electron chi connectivity index (χ3n) is 2.19. The van der Waals surface area contributed by atoms with E-state index in [9.17, 15) is 0 Å². The van der Waals surface area contributed by atoms with Gasteiger partial charge in [-0.25, -0.2) is 4.98 Å². The topological polar surface area (TPSA) is 41.0 Å². The Kier molecular flexibility index (Phi) is 5.04. The van der Waals surface area contributed by atoms with Gasteiger partial charge in [0.15, 0.2) is 0 Å². The summed E-state index contributed by atoms with van der Waals surface area (Å²) in [4.78, 5) is 10.6. The molecule has 4 nitrogen and oxygen atoms in total. The van der Waals surface area contributed by atoms with Crippen LogP contribution in [0.2, 0.25) is 0 Å². The van der Waals surface area contributed by atoms with Crippen LogP contribution in [0.15, 0.2) is 18.6 Å². The molecule has 0 amide bonds. The highest BCUT2D eigenvalue weighted by Crippen LogP contribution is 2.05. The number of nitrogens with one attached hydrogen (secondary N) is 1. The molecule has 1 rings (SSSR count). The summed E-state index contributed by atoms with van der Waals surface area (Å²) < 4.78 is 0. The van der Waals surface area contributed by atoms with Crippen molar-refractivity contribution in [3.05, 3.63) is 18.6 Å². The van der Waals surface area contributed by atoms with E-state index in [0.717, 1.165) is 25.5 Å². The van der Waals surface area contributed by atoms with Crippen LogP contribution in [0.4, 0.5) is 5.82 Å². The largest absolute Gasteiger partial charge is 0.354 e. The summed E-state index contributed by atoms with van der Waals surface area (Å²) in [5.41, 5.74) is 0. The average molecular weight is 208 g/mol. The number of nitrogens with zero attached hydrogens (tertiary/aromatic N) is 3. The molecule has 1 heterocycles. The number of hydrogen-bond acceptors (Lipinski definition) is 4. The van der Waals surface area contributed by atoms with Gasteiger partial charge in [0.05, 0.1) is 6.20 Å². The highest BCUT2D eigenvalue weighted by molar-refractivity contribution is 5.34. The molecule has 0 saturated heterocycles. The van der Waals surface area contributed by atoms with Crippen molar-refractivity contribution < 1.29 is 0 Å². The monoisotopic (exact) mass is 208 g/mol. The molecule has 4 heteroatoms. The van der Waals surface area contributed by atoms with Crippen molar-refractivity contribution in [3.63, 3.8) is 0 Å². The maximum Gasteiger partial charge on any atom is 0.147 e. The molecule has 0 fully saturated rings. The second-order valence-corrected chi connectivity index (χ2v) is 3.75. The molecule has 0 unspecified atom stereocenters. The molecule has 0 radical (unpaired) electrons. The standard InChI is InChI=1S/C11H20N4/c1-4-15(8-7-13-10(2)3)11-9-12-5-6-14-11/h5-6,9-10,13H,4,7-8H2,1-3H3. The van der Waals surface area contributed by atoms with Crippen LogP contribution < -0.4 is 10.2 Å². The SMILES string of the molecule is CCN(CCNC(C)C)c1cnccn1. The highest BCUT2D eigenvalue weighted by Gasteiger charge is 2.04. The molecule has 0 aromatic carbocycles. The van der Waals surface area contributed by atoms with E-state index < -0.39 is 0 Å². The van der Waals surface area contributed by atoms with Crippen molar-refractivity contribution in [3.8, 4) is 0 Å². The van der Waals surface area contributed by atoms with E-state index in [1.807, 2.05) is 0 Å². The Morgan fingerprint density at radius 2 is 2.20 bits per heavy atom. The van der Waals surface area contributed by atoms with Gasteiger partial charge >= 0.3 is 0 Å². The van der Waals surface area contributed by atoms with Crippen molar-refractivity contribution in [2.45, 2.75) is 26.8 Å². The lowest BCUT2D eigenvalue weighted by Crippen LogP contribution is -2.35. The van der Waals surface area contributed by atoms with Crippen LogP contribution in [0.3, 0.4) is 0 Å². The molecule has 0 atom stereocenters.